The van der Waals surface area contributed by atoms with Crippen LogP contribution in [-0.4, -0.2) is 5.78 Å². The van der Waals surface area contributed by atoms with Crippen LogP contribution in [0, 0.1) is 5.92 Å². The molecule has 0 aliphatic heterocycles. The van der Waals surface area contributed by atoms with E-state index in [0.29, 0.717) is 12.3 Å². The highest BCUT2D eigenvalue weighted by Crippen LogP contribution is 2.13. The van der Waals surface area contributed by atoms with Gasteiger partial charge in [0.1, 0.15) is 0 Å². The van der Waals surface area contributed by atoms with Gasteiger partial charge < -0.3 is 5.73 Å². The van der Waals surface area contributed by atoms with Crippen molar-refractivity contribution in [3.63, 3.8) is 0 Å². The maximum atomic E-state index is 11.7. The van der Waals surface area contributed by atoms with Gasteiger partial charge in [0.15, 0.2) is 5.78 Å². The van der Waals surface area contributed by atoms with Crippen molar-refractivity contribution in [3.8, 4) is 0 Å². The SMILES string of the molecule is CC(C)CC(=O)c1ccc(C(C)N)cc1. The summed E-state index contributed by atoms with van der Waals surface area (Å²) in [4.78, 5) is 11.7. The minimum Gasteiger partial charge on any atom is -0.324 e. The molecule has 0 amide bonds. The van der Waals surface area contributed by atoms with Crippen molar-refractivity contribution in [3.05, 3.63) is 35.4 Å². The molecular weight excluding hydrogens is 186 g/mol. The third-order valence-corrected chi connectivity index (χ3v) is 2.35. The Morgan fingerprint density at radius 1 is 1.20 bits per heavy atom. The highest BCUT2D eigenvalue weighted by atomic mass is 16.1. The first-order valence-corrected chi connectivity index (χ1v) is 5.39. The molecule has 1 rings (SSSR count). The summed E-state index contributed by atoms with van der Waals surface area (Å²) in [7, 11) is 0. The van der Waals surface area contributed by atoms with Gasteiger partial charge in [0.2, 0.25) is 0 Å². The first-order chi connectivity index (χ1) is 7.00. The number of hydrogen-bond acceptors (Lipinski definition) is 2. The minimum atomic E-state index is 0.0271. The average Bonchev–Trinajstić information content (AvgIpc) is 2.17. The van der Waals surface area contributed by atoms with Crippen LogP contribution in [0.25, 0.3) is 0 Å². The van der Waals surface area contributed by atoms with E-state index in [1.54, 1.807) is 0 Å². The van der Waals surface area contributed by atoms with Crippen LogP contribution in [-0.2, 0) is 0 Å². The van der Waals surface area contributed by atoms with Gasteiger partial charge in [-0.05, 0) is 18.4 Å². The van der Waals surface area contributed by atoms with Crippen LogP contribution in [0.5, 0.6) is 0 Å². The molecule has 2 nitrogen and oxygen atoms in total. The van der Waals surface area contributed by atoms with Crippen LogP contribution in [0.1, 0.15) is 49.2 Å². The molecule has 2 N–H and O–H groups in total. The summed E-state index contributed by atoms with van der Waals surface area (Å²) in [6.45, 7) is 6.04. The number of ketones is 1. The molecule has 82 valence electrons. The Balaban J connectivity index is 2.75. The van der Waals surface area contributed by atoms with E-state index in [1.807, 2.05) is 45.0 Å². The summed E-state index contributed by atoms with van der Waals surface area (Å²) < 4.78 is 0. The normalized spacial score (nSPS) is 12.9. The van der Waals surface area contributed by atoms with Crippen molar-refractivity contribution in [2.24, 2.45) is 11.7 Å². The summed E-state index contributed by atoms with van der Waals surface area (Å²) >= 11 is 0. The Morgan fingerprint density at radius 2 is 1.73 bits per heavy atom. The zero-order chi connectivity index (χ0) is 11.4. The van der Waals surface area contributed by atoms with Crippen molar-refractivity contribution < 1.29 is 4.79 Å². The number of benzene rings is 1. The smallest absolute Gasteiger partial charge is 0.163 e. The maximum Gasteiger partial charge on any atom is 0.163 e. The molecule has 1 atom stereocenters. The Hall–Kier alpha value is -1.15. The molecule has 1 aromatic rings. The molecule has 0 radical (unpaired) electrons. The second-order valence-corrected chi connectivity index (χ2v) is 4.43. The summed E-state index contributed by atoms with van der Waals surface area (Å²) in [6.07, 6.45) is 0.609. The monoisotopic (exact) mass is 205 g/mol. The highest BCUT2D eigenvalue weighted by Gasteiger charge is 2.08. The lowest BCUT2D eigenvalue weighted by Gasteiger charge is -2.07. The van der Waals surface area contributed by atoms with E-state index in [9.17, 15) is 4.79 Å². The van der Waals surface area contributed by atoms with Crippen molar-refractivity contribution in [1.82, 2.24) is 0 Å². The fourth-order valence-electron chi connectivity index (χ4n) is 1.46. The molecule has 2 heteroatoms. The summed E-state index contributed by atoms with van der Waals surface area (Å²) in [5.41, 5.74) is 7.59. The summed E-state index contributed by atoms with van der Waals surface area (Å²) in [6, 6.07) is 7.61. The van der Waals surface area contributed by atoms with Gasteiger partial charge in [-0.2, -0.15) is 0 Å². The van der Waals surface area contributed by atoms with Crippen LogP contribution < -0.4 is 5.73 Å². The Kier molecular flexibility index (Phi) is 4.04. The van der Waals surface area contributed by atoms with E-state index in [-0.39, 0.29) is 11.8 Å². The molecule has 0 saturated carbocycles. The predicted octanol–water partition coefficient (Wildman–Crippen LogP) is 2.94. The molecule has 0 aliphatic rings. The lowest BCUT2D eigenvalue weighted by atomic mass is 9.99. The van der Waals surface area contributed by atoms with Gasteiger partial charge in [-0.3, -0.25) is 4.79 Å². The predicted molar refractivity (Wildman–Crippen MR) is 62.8 cm³/mol. The van der Waals surface area contributed by atoms with Gasteiger partial charge in [-0.25, -0.2) is 0 Å². The molecule has 0 aliphatic carbocycles. The van der Waals surface area contributed by atoms with E-state index in [4.69, 9.17) is 5.73 Å². The number of Topliss-reactive ketones (excluding diaryl/α,β-unsaturated/α-hetero) is 1. The molecule has 0 bridgehead atoms. The van der Waals surface area contributed by atoms with E-state index in [1.165, 1.54) is 0 Å². The third-order valence-electron chi connectivity index (χ3n) is 2.35. The quantitative estimate of drug-likeness (QED) is 0.768. The number of carbonyl (C=O) groups excluding carboxylic acids is 1. The molecule has 0 heterocycles. The molecule has 0 aromatic heterocycles. The van der Waals surface area contributed by atoms with Gasteiger partial charge in [0.25, 0.3) is 0 Å². The third kappa shape index (κ3) is 3.48. The van der Waals surface area contributed by atoms with E-state index in [2.05, 4.69) is 0 Å². The molecule has 1 unspecified atom stereocenters. The minimum absolute atomic E-state index is 0.0271. The lowest BCUT2D eigenvalue weighted by molar-refractivity contribution is 0.0968. The number of nitrogens with two attached hydrogens (primary N) is 1. The van der Waals surface area contributed by atoms with Crippen molar-refractivity contribution in [1.29, 1.82) is 0 Å². The van der Waals surface area contributed by atoms with Crippen LogP contribution in [0.15, 0.2) is 24.3 Å². The number of rotatable bonds is 4. The summed E-state index contributed by atoms with van der Waals surface area (Å²) in [5.74, 6) is 0.617. The number of carbonyl (C=O) groups is 1. The first kappa shape index (κ1) is 11.9. The van der Waals surface area contributed by atoms with Crippen LogP contribution in [0.3, 0.4) is 0 Å². The maximum absolute atomic E-state index is 11.7. The average molecular weight is 205 g/mol. The van der Waals surface area contributed by atoms with Crippen LogP contribution in [0.4, 0.5) is 0 Å². The molecule has 0 saturated heterocycles. The fourth-order valence-corrected chi connectivity index (χ4v) is 1.46. The Bertz CT molecular complexity index is 325. The van der Waals surface area contributed by atoms with Crippen LogP contribution >= 0.6 is 0 Å². The molecular formula is C13H19NO. The second-order valence-electron chi connectivity index (χ2n) is 4.43. The number of hydrogen-bond donors (Lipinski definition) is 1. The van der Waals surface area contributed by atoms with Crippen molar-refractivity contribution >= 4 is 5.78 Å². The van der Waals surface area contributed by atoms with E-state index < -0.39 is 0 Å². The fraction of sp³-hybridized carbons (Fsp3) is 0.462. The second kappa shape index (κ2) is 5.08. The Labute approximate surface area is 91.5 Å². The van der Waals surface area contributed by atoms with Crippen molar-refractivity contribution in [2.75, 3.05) is 0 Å². The van der Waals surface area contributed by atoms with E-state index >= 15 is 0 Å². The van der Waals surface area contributed by atoms with Gasteiger partial charge >= 0.3 is 0 Å². The van der Waals surface area contributed by atoms with E-state index in [0.717, 1.165) is 11.1 Å². The zero-order valence-electron chi connectivity index (χ0n) is 9.66. The standard InChI is InChI=1S/C13H19NO/c1-9(2)8-13(15)12-6-4-11(5-7-12)10(3)14/h4-7,9-10H,8,14H2,1-3H3. The van der Waals surface area contributed by atoms with Gasteiger partial charge in [0, 0.05) is 18.0 Å². The van der Waals surface area contributed by atoms with Gasteiger partial charge in [0.05, 0.1) is 0 Å². The van der Waals surface area contributed by atoms with Gasteiger partial charge in [-0.15, -0.1) is 0 Å². The molecule has 1 aromatic carbocycles. The highest BCUT2D eigenvalue weighted by molar-refractivity contribution is 5.96. The zero-order valence-corrected chi connectivity index (χ0v) is 9.66. The molecule has 15 heavy (non-hydrogen) atoms. The topological polar surface area (TPSA) is 43.1 Å². The van der Waals surface area contributed by atoms with Crippen LogP contribution in [0.2, 0.25) is 0 Å². The molecule has 0 spiro atoms. The van der Waals surface area contributed by atoms with Crippen molar-refractivity contribution in [2.45, 2.75) is 33.2 Å². The molecule has 0 fully saturated rings. The largest absolute Gasteiger partial charge is 0.324 e. The lowest BCUT2D eigenvalue weighted by Crippen LogP contribution is -2.07. The summed E-state index contributed by atoms with van der Waals surface area (Å²) in [5, 5.41) is 0. The van der Waals surface area contributed by atoms with Gasteiger partial charge in [-0.1, -0.05) is 38.1 Å². The Morgan fingerprint density at radius 3 is 2.13 bits per heavy atom. The first-order valence-electron chi connectivity index (χ1n) is 5.39.